The molecule has 1 aliphatic heterocycles. The summed E-state index contributed by atoms with van der Waals surface area (Å²) >= 11 is 3.43. The quantitative estimate of drug-likeness (QED) is 0.330. The predicted octanol–water partition coefficient (Wildman–Crippen LogP) is 5.85. The lowest BCUT2D eigenvalue weighted by molar-refractivity contribution is -0.137. The van der Waals surface area contributed by atoms with E-state index >= 15 is 0 Å². The van der Waals surface area contributed by atoms with Crippen molar-refractivity contribution in [2.24, 2.45) is 0 Å². The Morgan fingerprint density at radius 3 is 2.29 bits per heavy atom. The molecule has 5 rings (SSSR count). The van der Waals surface area contributed by atoms with Gasteiger partial charge < -0.3 is 9.97 Å². The van der Waals surface area contributed by atoms with Crippen LogP contribution in [0.3, 0.4) is 0 Å². The molecule has 1 aliphatic rings. The van der Waals surface area contributed by atoms with E-state index in [1.807, 2.05) is 30.5 Å². The predicted molar refractivity (Wildman–Crippen MR) is 131 cm³/mol. The monoisotopic (exact) mass is 545 g/mol. The van der Waals surface area contributed by atoms with Crippen LogP contribution in [0.5, 0.6) is 0 Å². The summed E-state index contributed by atoms with van der Waals surface area (Å²) < 4.78 is 41.1. The molecule has 4 aromatic rings. The van der Waals surface area contributed by atoms with Gasteiger partial charge in [0.25, 0.3) is 0 Å². The standard InChI is InChI=1S/C25H23BrF3N5O/c26-19-7-3-16(4-8-19)22-15-34(24(35)32-22)21-9-11-33(12-10-21)14-20-13-30-23(31-20)17-1-5-18(6-2-17)25(27,28)29/h1-8,13,15,21H,9-12,14H2,(H,30,31)(H,32,35). The molecule has 1 saturated heterocycles. The molecule has 2 aromatic heterocycles. The third kappa shape index (κ3) is 5.28. The number of rotatable bonds is 5. The van der Waals surface area contributed by atoms with Crippen LogP contribution in [0.25, 0.3) is 22.6 Å². The topological polar surface area (TPSA) is 69.7 Å². The Morgan fingerprint density at radius 1 is 0.971 bits per heavy atom. The van der Waals surface area contributed by atoms with Crippen molar-refractivity contribution in [2.45, 2.75) is 31.6 Å². The van der Waals surface area contributed by atoms with Gasteiger partial charge in [0.15, 0.2) is 0 Å². The number of imidazole rings is 2. The molecule has 35 heavy (non-hydrogen) atoms. The van der Waals surface area contributed by atoms with Crippen LogP contribution in [0.4, 0.5) is 13.2 Å². The fourth-order valence-electron chi connectivity index (χ4n) is 4.46. The maximum Gasteiger partial charge on any atom is 0.416 e. The normalized spacial score (nSPS) is 15.5. The number of nitrogens with zero attached hydrogens (tertiary/aromatic N) is 3. The molecular weight excluding hydrogens is 523 g/mol. The molecule has 2 N–H and O–H groups in total. The van der Waals surface area contributed by atoms with Crippen molar-refractivity contribution < 1.29 is 13.2 Å². The van der Waals surface area contributed by atoms with Gasteiger partial charge in [-0.2, -0.15) is 13.2 Å². The number of aromatic nitrogens is 4. The van der Waals surface area contributed by atoms with Crippen LogP contribution in [-0.2, 0) is 12.7 Å². The average Bonchev–Trinajstić information content (AvgIpc) is 3.46. The van der Waals surface area contributed by atoms with Gasteiger partial charge in [-0.3, -0.25) is 9.47 Å². The van der Waals surface area contributed by atoms with Gasteiger partial charge in [-0.25, -0.2) is 9.78 Å². The molecule has 0 spiro atoms. The summed E-state index contributed by atoms with van der Waals surface area (Å²) in [6, 6.07) is 12.9. The van der Waals surface area contributed by atoms with E-state index in [-0.39, 0.29) is 11.7 Å². The van der Waals surface area contributed by atoms with Gasteiger partial charge in [0.05, 0.1) is 11.3 Å². The van der Waals surface area contributed by atoms with Crippen LogP contribution in [0, 0.1) is 0 Å². The second kappa shape index (κ2) is 9.50. The van der Waals surface area contributed by atoms with Crippen molar-refractivity contribution in [1.29, 1.82) is 0 Å². The SMILES string of the molecule is O=c1[nH]c(-c2ccc(Br)cc2)cn1C1CCN(Cc2cnc(-c3ccc(C(F)(F)F)cc3)[nH]2)CC1. The van der Waals surface area contributed by atoms with Crippen LogP contribution >= 0.6 is 15.9 Å². The number of alkyl halides is 3. The number of nitrogens with one attached hydrogen (secondary N) is 2. The van der Waals surface area contributed by atoms with Crippen LogP contribution in [0.1, 0.15) is 30.1 Å². The maximum atomic E-state index is 12.8. The van der Waals surface area contributed by atoms with Gasteiger partial charge in [-0.15, -0.1) is 0 Å². The fraction of sp³-hybridized carbons (Fsp3) is 0.280. The minimum atomic E-state index is -4.36. The summed E-state index contributed by atoms with van der Waals surface area (Å²) in [5.41, 5.74) is 2.49. The zero-order valence-electron chi connectivity index (χ0n) is 18.6. The first-order valence-corrected chi connectivity index (χ1v) is 12.1. The Bertz CT molecular complexity index is 1350. The molecular formula is C25H23BrF3N5O. The van der Waals surface area contributed by atoms with Crippen molar-refractivity contribution in [1.82, 2.24) is 24.4 Å². The number of hydrogen-bond acceptors (Lipinski definition) is 3. The Morgan fingerprint density at radius 2 is 1.63 bits per heavy atom. The third-order valence-corrected chi connectivity index (χ3v) is 6.89. The highest BCUT2D eigenvalue weighted by Crippen LogP contribution is 2.31. The van der Waals surface area contributed by atoms with Crippen molar-refractivity contribution >= 4 is 15.9 Å². The van der Waals surface area contributed by atoms with E-state index in [0.29, 0.717) is 17.9 Å². The van der Waals surface area contributed by atoms with E-state index in [4.69, 9.17) is 0 Å². The number of H-pyrrole nitrogens is 2. The molecule has 2 aromatic carbocycles. The zero-order chi connectivity index (χ0) is 24.6. The van der Waals surface area contributed by atoms with Gasteiger partial charge in [0, 0.05) is 53.8 Å². The molecule has 0 radical (unpaired) electrons. The van der Waals surface area contributed by atoms with Crippen LogP contribution < -0.4 is 5.69 Å². The van der Waals surface area contributed by atoms with Crippen molar-refractivity contribution in [3.8, 4) is 22.6 Å². The Kier molecular flexibility index (Phi) is 6.41. The number of hydrogen-bond donors (Lipinski definition) is 2. The third-order valence-electron chi connectivity index (χ3n) is 6.36. The fourth-order valence-corrected chi connectivity index (χ4v) is 4.72. The van der Waals surface area contributed by atoms with Crippen molar-refractivity contribution in [3.05, 3.63) is 87.1 Å². The molecule has 0 amide bonds. The highest BCUT2D eigenvalue weighted by atomic mass is 79.9. The summed E-state index contributed by atoms with van der Waals surface area (Å²) in [4.78, 5) is 25.4. The molecule has 0 bridgehead atoms. The summed E-state index contributed by atoms with van der Waals surface area (Å²) in [5, 5.41) is 0. The minimum absolute atomic E-state index is 0.101. The molecule has 6 nitrogen and oxygen atoms in total. The molecule has 182 valence electrons. The first-order chi connectivity index (χ1) is 16.8. The maximum absolute atomic E-state index is 12.8. The number of aromatic amines is 2. The van der Waals surface area contributed by atoms with E-state index in [2.05, 4.69) is 35.8 Å². The first-order valence-electron chi connectivity index (χ1n) is 11.3. The number of benzene rings is 2. The molecule has 0 atom stereocenters. The molecule has 0 aliphatic carbocycles. The smallest absolute Gasteiger partial charge is 0.341 e. The largest absolute Gasteiger partial charge is 0.416 e. The lowest BCUT2D eigenvalue weighted by atomic mass is 10.0. The van der Waals surface area contributed by atoms with E-state index in [0.717, 1.165) is 59.5 Å². The Balaban J connectivity index is 1.19. The molecule has 0 unspecified atom stereocenters. The van der Waals surface area contributed by atoms with Crippen LogP contribution in [0.2, 0.25) is 0 Å². The molecule has 3 heterocycles. The van der Waals surface area contributed by atoms with Gasteiger partial charge in [-0.05, 0) is 42.7 Å². The van der Waals surface area contributed by atoms with Crippen molar-refractivity contribution in [2.75, 3.05) is 13.1 Å². The van der Waals surface area contributed by atoms with Gasteiger partial charge in [-0.1, -0.05) is 40.2 Å². The second-order valence-corrected chi connectivity index (χ2v) is 9.64. The molecule has 10 heteroatoms. The van der Waals surface area contributed by atoms with Crippen LogP contribution in [0.15, 0.2) is 70.2 Å². The first kappa shape index (κ1) is 23.6. The average molecular weight is 546 g/mol. The van der Waals surface area contributed by atoms with E-state index in [9.17, 15) is 18.0 Å². The summed E-state index contributed by atoms with van der Waals surface area (Å²) in [7, 11) is 0. The molecule has 0 saturated carbocycles. The van der Waals surface area contributed by atoms with Gasteiger partial charge in [0.2, 0.25) is 0 Å². The van der Waals surface area contributed by atoms with E-state index in [1.165, 1.54) is 12.1 Å². The Hall–Kier alpha value is -3.11. The highest BCUT2D eigenvalue weighted by Gasteiger charge is 2.30. The number of halogens is 4. The minimum Gasteiger partial charge on any atom is -0.341 e. The highest BCUT2D eigenvalue weighted by molar-refractivity contribution is 9.10. The summed E-state index contributed by atoms with van der Waals surface area (Å²) in [6.07, 6.45) is 0.956. The second-order valence-electron chi connectivity index (χ2n) is 8.73. The summed E-state index contributed by atoms with van der Waals surface area (Å²) in [6.45, 7) is 2.31. The Labute approximate surface area is 208 Å². The molecule has 1 fully saturated rings. The van der Waals surface area contributed by atoms with E-state index in [1.54, 1.807) is 10.8 Å². The summed E-state index contributed by atoms with van der Waals surface area (Å²) in [5.74, 6) is 0.544. The number of piperidine rings is 1. The van der Waals surface area contributed by atoms with Gasteiger partial charge in [0.1, 0.15) is 5.82 Å². The van der Waals surface area contributed by atoms with Gasteiger partial charge >= 0.3 is 11.9 Å². The van der Waals surface area contributed by atoms with E-state index < -0.39 is 11.7 Å². The lowest BCUT2D eigenvalue weighted by Crippen LogP contribution is -2.36. The number of likely N-dealkylation sites (tertiary alicyclic amines) is 1. The van der Waals surface area contributed by atoms with Crippen molar-refractivity contribution in [3.63, 3.8) is 0 Å². The van der Waals surface area contributed by atoms with Crippen LogP contribution in [-0.4, -0.2) is 37.5 Å². The lowest BCUT2D eigenvalue weighted by Gasteiger charge is -2.31. The zero-order valence-corrected chi connectivity index (χ0v) is 20.2.